The highest BCUT2D eigenvalue weighted by Crippen LogP contribution is 2.37. The van der Waals surface area contributed by atoms with E-state index >= 15 is 0 Å². The molecule has 2 rings (SSSR count). The normalized spacial score (nSPS) is 20.0. The number of nitrogen functional groups attached to an aromatic ring is 1. The van der Waals surface area contributed by atoms with Crippen LogP contribution in [-0.4, -0.2) is 50.2 Å². The molecule has 1 atom stereocenters. The topological polar surface area (TPSA) is 123 Å². The van der Waals surface area contributed by atoms with Crippen LogP contribution in [0.15, 0.2) is 4.90 Å². The molecule has 1 aromatic heterocycles. The van der Waals surface area contributed by atoms with Crippen LogP contribution in [-0.2, 0) is 14.8 Å². The summed E-state index contributed by atoms with van der Waals surface area (Å²) in [5.41, 5.74) is 11.1. The van der Waals surface area contributed by atoms with Crippen molar-refractivity contribution >= 4 is 38.3 Å². The summed E-state index contributed by atoms with van der Waals surface area (Å²) in [7, 11) is -0.797. The van der Waals surface area contributed by atoms with E-state index in [1.807, 2.05) is 4.90 Å². The van der Waals surface area contributed by atoms with Crippen LogP contribution in [0.25, 0.3) is 0 Å². The first-order valence-electron chi connectivity index (χ1n) is 6.47. The van der Waals surface area contributed by atoms with E-state index in [0.717, 1.165) is 28.7 Å². The number of aromatic nitrogens is 1. The Morgan fingerprint density at radius 1 is 1.48 bits per heavy atom. The van der Waals surface area contributed by atoms with Gasteiger partial charge in [-0.3, -0.25) is 4.79 Å². The maximum atomic E-state index is 12.4. The second-order valence-electron chi connectivity index (χ2n) is 5.18. The Hall–Kier alpha value is -1.39. The summed E-state index contributed by atoms with van der Waals surface area (Å²) in [5, 5.41) is 0.479. The van der Waals surface area contributed by atoms with Gasteiger partial charge >= 0.3 is 0 Å². The van der Waals surface area contributed by atoms with E-state index in [1.165, 1.54) is 14.1 Å². The van der Waals surface area contributed by atoms with Crippen molar-refractivity contribution in [3.05, 3.63) is 0 Å². The highest BCUT2D eigenvalue weighted by molar-refractivity contribution is 7.89. The standard InChI is InChI=1S/C11H19N5O3S2/c1-15(2)21(18,19)8-9(12)14-20-11(8)16-5-3-4-7(6-16)10(13)17/h7H,3-6H2,1-2H3,(H2,12,14)(H2,13,17). The average Bonchev–Trinajstić information content (AvgIpc) is 2.81. The van der Waals surface area contributed by atoms with Gasteiger partial charge in [-0.05, 0) is 24.4 Å². The number of hydrogen-bond acceptors (Lipinski definition) is 7. The van der Waals surface area contributed by atoms with Gasteiger partial charge in [0.25, 0.3) is 0 Å². The summed E-state index contributed by atoms with van der Waals surface area (Å²) < 4.78 is 29.8. The smallest absolute Gasteiger partial charge is 0.249 e. The molecule has 0 aromatic carbocycles. The van der Waals surface area contributed by atoms with Crippen molar-refractivity contribution in [2.45, 2.75) is 17.7 Å². The second kappa shape index (κ2) is 5.78. The van der Waals surface area contributed by atoms with Gasteiger partial charge < -0.3 is 16.4 Å². The fourth-order valence-corrected chi connectivity index (χ4v) is 4.56. The molecule has 2 heterocycles. The molecule has 1 unspecified atom stereocenters. The molecule has 0 bridgehead atoms. The Bertz CT molecular complexity index is 640. The molecule has 1 amide bonds. The number of piperidine rings is 1. The maximum absolute atomic E-state index is 12.4. The third kappa shape index (κ3) is 2.97. The number of carbonyl (C=O) groups is 1. The van der Waals surface area contributed by atoms with Crippen LogP contribution in [0.5, 0.6) is 0 Å². The predicted molar refractivity (Wildman–Crippen MR) is 81.5 cm³/mol. The van der Waals surface area contributed by atoms with Crippen LogP contribution in [0.1, 0.15) is 12.8 Å². The lowest BCUT2D eigenvalue weighted by Crippen LogP contribution is -2.41. The van der Waals surface area contributed by atoms with Gasteiger partial charge in [-0.2, -0.15) is 4.37 Å². The van der Waals surface area contributed by atoms with Crippen molar-refractivity contribution in [1.29, 1.82) is 0 Å². The number of amides is 1. The molecule has 118 valence electrons. The van der Waals surface area contributed by atoms with E-state index in [0.29, 0.717) is 18.1 Å². The number of carbonyl (C=O) groups excluding carboxylic acids is 1. The molecule has 10 heteroatoms. The van der Waals surface area contributed by atoms with Crippen molar-refractivity contribution in [2.24, 2.45) is 11.7 Å². The molecule has 8 nitrogen and oxygen atoms in total. The van der Waals surface area contributed by atoms with Gasteiger partial charge in [-0.25, -0.2) is 12.7 Å². The van der Waals surface area contributed by atoms with Crippen LogP contribution in [0.3, 0.4) is 0 Å². The summed E-state index contributed by atoms with van der Waals surface area (Å²) in [6.45, 7) is 1.05. The van der Waals surface area contributed by atoms with Gasteiger partial charge in [0.05, 0.1) is 5.92 Å². The highest BCUT2D eigenvalue weighted by atomic mass is 32.2. The van der Waals surface area contributed by atoms with E-state index in [9.17, 15) is 13.2 Å². The molecule has 1 aliphatic heterocycles. The molecular weight excluding hydrogens is 314 g/mol. The lowest BCUT2D eigenvalue weighted by atomic mass is 9.98. The molecule has 0 aliphatic carbocycles. The third-order valence-electron chi connectivity index (χ3n) is 3.51. The van der Waals surface area contributed by atoms with Gasteiger partial charge in [0.1, 0.15) is 5.00 Å². The number of rotatable bonds is 4. The van der Waals surface area contributed by atoms with Crippen molar-refractivity contribution in [3.8, 4) is 0 Å². The van der Waals surface area contributed by atoms with E-state index in [2.05, 4.69) is 4.37 Å². The molecule has 0 radical (unpaired) electrons. The van der Waals surface area contributed by atoms with E-state index in [-0.39, 0.29) is 22.5 Å². The number of nitrogens with two attached hydrogens (primary N) is 2. The largest absolute Gasteiger partial charge is 0.382 e. The Morgan fingerprint density at radius 2 is 2.14 bits per heavy atom. The third-order valence-corrected chi connectivity index (χ3v) is 6.44. The zero-order chi connectivity index (χ0) is 15.8. The van der Waals surface area contributed by atoms with Gasteiger partial charge in [-0.1, -0.05) is 0 Å². The van der Waals surface area contributed by atoms with Gasteiger partial charge in [0, 0.05) is 27.2 Å². The van der Waals surface area contributed by atoms with Crippen LogP contribution in [0.4, 0.5) is 10.8 Å². The van der Waals surface area contributed by atoms with Crippen LogP contribution in [0, 0.1) is 5.92 Å². The summed E-state index contributed by atoms with van der Waals surface area (Å²) in [6.07, 6.45) is 1.49. The zero-order valence-corrected chi connectivity index (χ0v) is 13.6. The highest BCUT2D eigenvalue weighted by Gasteiger charge is 2.33. The van der Waals surface area contributed by atoms with Crippen LogP contribution in [0.2, 0.25) is 0 Å². The Labute approximate surface area is 127 Å². The van der Waals surface area contributed by atoms with Crippen LogP contribution >= 0.6 is 11.5 Å². The zero-order valence-electron chi connectivity index (χ0n) is 11.9. The minimum Gasteiger partial charge on any atom is -0.382 e. The molecule has 21 heavy (non-hydrogen) atoms. The van der Waals surface area contributed by atoms with E-state index < -0.39 is 10.0 Å². The average molecular weight is 333 g/mol. The van der Waals surface area contributed by atoms with Gasteiger partial charge in [-0.15, -0.1) is 0 Å². The van der Waals surface area contributed by atoms with Gasteiger partial charge in [0.15, 0.2) is 10.7 Å². The lowest BCUT2D eigenvalue weighted by Gasteiger charge is -2.32. The monoisotopic (exact) mass is 333 g/mol. The first-order chi connectivity index (χ1) is 9.75. The number of hydrogen-bond donors (Lipinski definition) is 2. The van der Waals surface area contributed by atoms with E-state index in [1.54, 1.807) is 0 Å². The molecule has 1 fully saturated rings. The van der Waals surface area contributed by atoms with Crippen molar-refractivity contribution in [1.82, 2.24) is 8.68 Å². The Morgan fingerprint density at radius 3 is 2.71 bits per heavy atom. The predicted octanol–water partition coefficient (Wildman–Crippen LogP) is -0.323. The summed E-state index contributed by atoms with van der Waals surface area (Å²) in [4.78, 5) is 13.2. The van der Waals surface area contributed by atoms with Crippen LogP contribution < -0.4 is 16.4 Å². The van der Waals surface area contributed by atoms with Crippen molar-refractivity contribution < 1.29 is 13.2 Å². The maximum Gasteiger partial charge on any atom is 0.249 e. The summed E-state index contributed by atoms with van der Waals surface area (Å²) >= 11 is 1.03. The first kappa shape index (κ1) is 16.0. The Kier molecular flexibility index (Phi) is 4.40. The molecule has 4 N–H and O–H groups in total. The molecule has 1 aromatic rings. The second-order valence-corrected chi connectivity index (χ2v) is 8.02. The number of anilines is 2. The molecule has 1 aliphatic rings. The van der Waals surface area contributed by atoms with Crippen molar-refractivity contribution in [3.63, 3.8) is 0 Å². The molecular formula is C11H19N5O3S2. The number of primary amides is 1. The summed E-state index contributed by atoms with van der Waals surface area (Å²) in [6, 6.07) is 0. The first-order valence-corrected chi connectivity index (χ1v) is 8.68. The summed E-state index contributed by atoms with van der Waals surface area (Å²) in [5.74, 6) is -0.656. The Balaban J connectivity index is 2.40. The SMILES string of the molecule is CN(C)S(=O)(=O)c1c(N)nsc1N1CCCC(C(N)=O)C1. The minimum absolute atomic E-state index is 0.00935. The van der Waals surface area contributed by atoms with E-state index in [4.69, 9.17) is 11.5 Å². The molecule has 0 saturated carbocycles. The van der Waals surface area contributed by atoms with Gasteiger partial charge in [0.2, 0.25) is 15.9 Å². The minimum atomic E-state index is -3.68. The lowest BCUT2D eigenvalue weighted by molar-refractivity contribution is -0.122. The fraction of sp³-hybridized carbons (Fsp3) is 0.636. The van der Waals surface area contributed by atoms with Crippen molar-refractivity contribution in [2.75, 3.05) is 37.8 Å². The number of nitrogens with zero attached hydrogens (tertiary/aromatic N) is 3. The fourth-order valence-electron chi connectivity index (χ4n) is 2.31. The quantitative estimate of drug-likeness (QED) is 0.778. The molecule has 1 saturated heterocycles. The number of sulfonamides is 1. The molecule has 0 spiro atoms.